The highest BCUT2D eigenvalue weighted by molar-refractivity contribution is 9.10. The third kappa shape index (κ3) is 3.50. The highest BCUT2D eigenvalue weighted by atomic mass is 79.9. The molecule has 0 saturated carbocycles. The fourth-order valence-corrected chi connectivity index (χ4v) is 1.66. The van der Waals surface area contributed by atoms with Crippen LogP contribution in [0.3, 0.4) is 0 Å². The Balaban J connectivity index is 2.82. The van der Waals surface area contributed by atoms with Gasteiger partial charge in [0.2, 0.25) is 0 Å². The maximum atomic E-state index is 10.9. The van der Waals surface area contributed by atoms with E-state index in [1.54, 1.807) is 19.2 Å². The van der Waals surface area contributed by atoms with Gasteiger partial charge in [-0.3, -0.25) is 0 Å². The van der Waals surface area contributed by atoms with Crippen molar-refractivity contribution in [3.8, 4) is 5.75 Å². The molecule has 1 atom stereocenters. The van der Waals surface area contributed by atoms with Crippen molar-refractivity contribution in [3.05, 3.63) is 28.2 Å². The fourth-order valence-electron chi connectivity index (χ4n) is 1.24. The molecular weight excluding hydrogens is 276 g/mol. The Morgan fingerprint density at radius 3 is 2.81 bits per heavy atom. The van der Waals surface area contributed by atoms with Crippen molar-refractivity contribution >= 4 is 21.9 Å². The molecule has 1 aromatic carbocycles. The molecule has 0 amide bonds. The first kappa shape index (κ1) is 13.0. The zero-order valence-corrected chi connectivity index (χ0v) is 10.7. The molecule has 1 aromatic rings. The van der Waals surface area contributed by atoms with Crippen LogP contribution in [0.2, 0.25) is 0 Å². The van der Waals surface area contributed by atoms with Gasteiger partial charge in [0.15, 0.2) is 0 Å². The number of benzene rings is 1. The van der Waals surface area contributed by atoms with E-state index >= 15 is 0 Å². The third-order valence-electron chi connectivity index (χ3n) is 1.91. The summed E-state index contributed by atoms with van der Waals surface area (Å²) in [6.45, 7) is 2.31. The van der Waals surface area contributed by atoms with Crippen molar-refractivity contribution in [2.24, 2.45) is 0 Å². The zero-order chi connectivity index (χ0) is 12.1. The Kier molecular flexibility index (Phi) is 4.76. The first-order chi connectivity index (χ1) is 7.54. The highest BCUT2D eigenvalue weighted by Gasteiger charge is 2.11. The Hall–Kier alpha value is -1.07. The van der Waals surface area contributed by atoms with E-state index in [9.17, 15) is 4.79 Å². The number of aromatic carboxylic acids is 1. The lowest BCUT2D eigenvalue weighted by Gasteiger charge is -2.14. The minimum Gasteiger partial charge on any atom is -0.488 e. The van der Waals surface area contributed by atoms with Crippen LogP contribution >= 0.6 is 15.9 Å². The Morgan fingerprint density at radius 2 is 2.25 bits per heavy atom. The molecule has 0 heterocycles. The van der Waals surface area contributed by atoms with Crippen molar-refractivity contribution in [3.63, 3.8) is 0 Å². The second-order valence-electron chi connectivity index (χ2n) is 3.33. The smallest absolute Gasteiger partial charge is 0.336 e. The Bertz CT molecular complexity index is 378. The molecular formula is C11H13BrO4. The number of halogens is 1. The standard InChI is InChI=1S/C11H13BrO4/c1-7(6-15-2)16-8-3-4-10(12)9(5-8)11(13)14/h3-5,7H,6H2,1-2H3,(H,13,14). The van der Waals surface area contributed by atoms with E-state index in [0.717, 1.165) is 0 Å². The third-order valence-corrected chi connectivity index (χ3v) is 2.60. The fraction of sp³-hybridized carbons (Fsp3) is 0.364. The average molecular weight is 289 g/mol. The quantitative estimate of drug-likeness (QED) is 0.905. The minimum atomic E-state index is -0.989. The number of hydrogen-bond acceptors (Lipinski definition) is 3. The van der Waals surface area contributed by atoms with Crippen LogP contribution in [0, 0.1) is 0 Å². The van der Waals surface area contributed by atoms with E-state index in [-0.39, 0.29) is 11.7 Å². The van der Waals surface area contributed by atoms with Crippen LogP contribution in [-0.4, -0.2) is 30.9 Å². The van der Waals surface area contributed by atoms with E-state index in [1.165, 1.54) is 6.07 Å². The van der Waals surface area contributed by atoms with E-state index in [2.05, 4.69) is 15.9 Å². The lowest BCUT2D eigenvalue weighted by atomic mass is 10.2. The number of methoxy groups -OCH3 is 1. The van der Waals surface area contributed by atoms with Gasteiger partial charge in [0.25, 0.3) is 0 Å². The molecule has 5 heteroatoms. The van der Waals surface area contributed by atoms with Crippen molar-refractivity contribution in [1.29, 1.82) is 0 Å². The second kappa shape index (κ2) is 5.86. The van der Waals surface area contributed by atoms with Crippen molar-refractivity contribution < 1.29 is 19.4 Å². The van der Waals surface area contributed by atoms with Crippen LogP contribution in [-0.2, 0) is 4.74 Å². The van der Waals surface area contributed by atoms with Crippen LogP contribution in [0.1, 0.15) is 17.3 Å². The SMILES string of the molecule is COCC(C)Oc1ccc(Br)c(C(=O)O)c1. The number of ether oxygens (including phenoxy) is 2. The van der Waals surface area contributed by atoms with Gasteiger partial charge < -0.3 is 14.6 Å². The summed E-state index contributed by atoms with van der Waals surface area (Å²) in [6.07, 6.45) is -0.118. The number of hydrogen-bond donors (Lipinski definition) is 1. The van der Waals surface area contributed by atoms with E-state index < -0.39 is 5.97 Å². The highest BCUT2D eigenvalue weighted by Crippen LogP contribution is 2.23. The average Bonchev–Trinajstić information content (AvgIpc) is 2.21. The van der Waals surface area contributed by atoms with Gasteiger partial charge in [0.1, 0.15) is 11.9 Å². The number of carbonyl (C=O) groups is 1. The lowest BCUT2D eigenvalue weighted by Crippen LogP contribution is -2.18. The molecule has 1 unspecified atom stereocenters. The van der Waals surface area contributed by atoms with Crippen LogP contribution in [0.4, 0.5) is 0 Å². The summed E-state index contributed by atoms with van der Waals surface area (Å²) in [5.41, 5.74) is 0.183. The number of carboxylic acids is 1. The minimum absolute atomic E-state index is 0.118. The Morgan fingerprint density at radius 1 is 1.56 bits per heavy atom. The molecule has 0 bridgehead atoms. The van der Waals surface area contributed by atoms with E-state index in [4.69, 9.17) is 14.6 Å². The van der Waals surface area contributed by atoms with Gasteiger partial charge in [-0.05, 0) is 41.1 Å². The summed E-state index contributed by atoms with van der Waals surface area (Å²) in [6, 6.07) is 4.85. The van der Waals surface area contributed by atoms with Gasteiger partial charge in [-0.25, -0.2) is 4.79 Å². The molecule has 16 heavy (non-hydrogen) atoms. The second-order valence-corrected chi connectivity index (χ2v) is 4.18. The molecule has 0 aliphatic carbocycles. The maximum absolute atomic E-state index is 10.9. The lowest BCUT2D eigenvalue weighted by molar-refractivity contribution is 0.0693. The Labute approximate surface area is 102 Å². The molecule has 0 aliphatic rings. The molecule has 0 aromatic heterocycles. The molecule has 4 nitrogen and oxygen atoms in total. The van der Waals surface area contributed by atoms with Gasteiger partial charge in [0, 0.05) is 11.6 Å². The van der Waals surface area contributed by atoms with Crippen LogP contribution < -0.4 is 4.74 Å². The van der Waals surface area contributed by atoms with E-state index in [0.29, 0.717) is 16.8 Å². The van der Waals surface area contributed by atoms with Gasteiger partial charge in [-0.2, -0.15) is 0 Å². The zero-order valence-electron chi connectivity index (χ0n) is 9.07. The first-order valence-electron chi connectivity index (χ1n) is 4.73. The van der Waals surface area contributed by atoms with Crippen LogP contribution in [0.25, 0.3) is 0 Å². The van der Waals surface area contributed by atoms with Crippen LogP contribution in [0.5, 0.6) is 5.75 Å². The largest absolute Gasteiger partial charge is 0.488 e. The summed E-state index contributed by atoms with van der Waals surface area (Å²) >= 11 is 3.17. The molecule has 1 rings (SSSR count). The summed E-state index contributed by atoms with van der Waals surface area (Å²) < 4.78 is 11.0. The van der Waals surface area contributed by atoms with Crippen molar-refractivity contribution in [1.82, 2.24) is 0 Å². The topological polar surface area (TPSA) is 55.8 Å². The van der Waals surface area contributed by atoms with Gasteiger partial charge in [-0.1, -0.05) is 0 Å². The van der Waals surface area contributed by atoms with Gasteiger partial charge in [-0.15, -0.1) is 0 Å². The number of carboxylic acid groups (broad SMARTS) is 1. The molecule has 0 fully saturated rings. The van der Waals surface area contributed by atoms with Crippen LogP contribution in [0.15, 0.2) is 22.7 Å². The summed E-state index contributed by atoms with van der Waals surface area (Å²) in [4.78, 5) is 10.9. The van der Waals surface area contributed by atoms with Crippen molar-refractivity contribution in [2.75, 3.05) is 13.7 Å². The first-order valence-corrected chi connectivity index (χ1v) is 5.52. The molecule has 0 saturated heterocycles. The van der Waals surface area contributed by atoms with Crippen molar-refractivity contribution in [2.45, 2.75) is 13.0 Å². The predicted octanol–water partition coefficient (Wildman–Crippen LogP) is 2.56. The molecule has 0 spiro atoms. The van der Waals surface area contributed by atoms with Gasteiger partial charge in [0.05, 0.1) is 12.2 Å². The number of rotatable bonds is 5. The van der Waals surface area contributed by atoms with Gasteiger partial charge >= 0.3 is 5.97 Å². The molecule has 1 N–H and O–H groups in total. The molecule has 0 radical (unpaired) electrons. The summed E-state index contributed by atoms with van der Waals surface area (Å²) in [7, 11) is 1.59. The summed E-state index contributed by atoms with van der Waals surface area (Å²) in [5.74, 6) is -0.470. The summed E-state index contributed by atoms with van der Waals surface area (Å²) in [5, 5.41) is 8.92. The maximum Gasteiger partial charge on any atom is 0.336 e. The predicted molar refractivity (Wildman–Crippen MR) is 63.1 cm³/mol. The molecule has 88 valence electrons. The normalized spacial score (nSPS) is 12.2. The monoisotopic (exact) mass is 288 g/mol. The van der Waals surface area contributed by atoms with E-state index in [1.807, 2.05) is 6.92 Å². The molecule has 0 aliphatic heterocycles.